The van der Waals surface area contributed by atoms with Gasteiger partial charge in [0.2, 0.25) is 10.0 Å². The molecule has 0 aromatic heterocycles. The van der Waals surface area contributed by atoms with Crippen molar-refractivity contribution in [2.45, 2.75) is 31.7 Å². The second-order valence-corrected chi connectivity index (χ2v) is 8.63. The fourth-order valence-corrected chi connectivity index (χ4v) is 3.25. The first kappa shape index (κ1) is 20.6. The molecule has 1 unspecified atom stereocenters. The van der Waals surface area contributed by atoms with Crippen molar-refractivity contribution in [1.82, 2.24) is 4.72 Å². The molecule has 7 nitrogen and oxygen atoms in total. The van der Waals surface area contributed by atoms with E-state index in [4.69, 9.17) is 4.74 Å². The van der Waals surface area contributed by atoms with Crippen LogP contribution in [0, 0.1) is 5.41 Å². The summed E-state index contributed by atoms with van der Waals surface area (Å²) in [5, 5.41) is 9.37. The number of esters is 1. The number of benzene rings is 2. The van der Waals surface area contributed by atoms with Crippen molar-refractivity contribution in [1.29, 1.82) is 0 Å². The largest absolute Gasteiger partial charge is 0.480 e. The summed E-state index contributed by atoms with van der Waals surface area (Å²) in [6.07, 6.45) is 0. The van der Waals surface area contributed by atoms with Crippen LogP contribution < -0.4 is 9.46 Å². The van der Waals surface area contributed by atoms with Gasteiger partial charge in [-0.2, -0.15) is 4.72 Å². The highest BCUT2D eigenvalue weighted by molar-refractivity contribution is 7.89. The van der Waals surface area contributed by atoms with Crippen LogP contribution in [0.3, 0.4) is 0 Å². The van der Waals surface area contributed by atoms with Crippen LogP contribution in [0.15, 0.2) is 59.5 Å². The van der Waals surface area contributed by atoms with Crippen LogP contribution in [0.2, 0.25) is 0 Å². The quantitative estimate of drug-likeness (QED) is 0.579. The summed E-state index contributed by atoms with van der Waals surface area (Å²) >= 11 is 0. The summed E-state index contributed by atoms with van der Waals surface area (Å²) in [6.45, 7) is 5.11. The molecule has 0 amide bonds. The summed E-state index contributed by atoms with van der Waals surface area (Å²) in [7, 11) is -4.10. The molecule has 0 heterocycles. The highest BCUT2D eigenvalue weighted by Crippen LogP contribution is 2.22. The average Bonchev–Trinajstić information content (AvgIpc) is 2.60. The number of carboxylic acid groups (broad SMARTS) is 1. The Morgan fingerprint density at radius 1 is 1.00 bits per heavy atom. The van der Waals surface area contributed by atoms with E-state index in [1.165, 1.54) is 36.4 Å². The smallest absolute Gasteiger partial charge is 0.326 e. The van der Waals surface area contributed by atoms with Gasteiger partial charge in [0.05, 0.1) is 10.3 Å². The molecule has 0 aliphatic heterocycles. The Labute approximate surface area is 158 Å². The van der Waals surface area contributed by atoms with E-state index in [0.717, 1.165) is 0 Å². The van der Waals surface area contributed by atoms with Crippen LogP contribution in [0.4, 0.5) is 0 Å². The van der Waals surface area contributed by atoms with Crippen molar-refractivity contribution in [3.8, 4) is 5.75 Å². The zero-order valence-corrected chi connectivity index (χ0v) is 16.0. The SMILES string of the molecule is CC(C)(C)C(=O)Oc1ccc(S(=O)(=O)NC(C(=O)O)c2ccccc2)cc1. The molecule has 0 spiro atoms. The Kier molecular flexibility index (Phi) is 6.02. The van der Waals surface area contributed by atoms with E-state index in [9.17, 15) is 23.1 Å². The lowest BCUT2D eigenvalue weighted by Gasteiger charge is -2.17. The minimum Gasteiger partial charge on any atom is -0.480 e. The number of nitrogens with one attached hydrogen (secondary N) is 1. The first-order chi connectivity index (χ1) is 12.5. The molecule has 0 bridgehead atoms. The molecule has 0 saturated carbocycles. The van der Waals surface area contributed by atoms with Crippen LogP contribution in [-0.4, -0.2) is 25.5 Å². The summed E-state index contributed by atoms with van der Waals surface area (Å²) in [4.78, 5) is 23.2. The number of carboxylic acids is 1. The van der Waals surface area contributed by atoms with Crippen LogP contribution in [-0.2, 0) is 19.6 Å². The summed E-state index contributed by atoms with van der Waals surface area (Å²) in [5.41, 5.74) is -0.388. The first-order valence-electron chi connectivity index (χ1n) is 8.13. The second kappa shape index (κ2) is 7.89. The standard InChI is InChI=1S/C19H21NO6S/c1-19(2,3)18(23)26-14-9-11-15(12-10-14)27(24,25)20-16(17(21)22)13-7-5-4-6-8-13/h4-12,16,20H,1-3H3,(H,21,22). The van der Waals surface area contributed by atoms with E-state index in [2.05, 4.69) is 4.72 Å². The number of carbonyl (C=O) groups excluding carboxylic acids is 1. The van der Waals surface area contributed by atoms with Crippen LogP contribution in [0.25, 0.3) is 0 Å². The molecule has 8 heteroatoms. The van der Waals surface area contributed by atoms with Crippen molar-refractivity contribution in [2.24, 2.45) is 5.41 Å². The first-order valence-corrected chi connectivity index (χ1v) is 9.61. The Morgan fingerprint density at radius 2 is 1.56 bits per heavy atom. The van der Waals surface area contributed by atoms with Crippen LogP contribution >= 0.6 is 0 Å². The topological polar surface area (TPSA) is 110 Å². The number of rotatable bonds is 6. The Morgan fingerprint density at radius 3 is 2.04 bits per heavy atom. The van der Waals surface area contributed by atoms with E-state index in [1.807, 2.05) is 0 Å². The van der Waals surface area contributed by atoms with Gasteiger partial charge in [0.1, 0.15) is 11.8 Å². The molecule has 2 N–H and O–H groups in total. The van der Waals surface area contributed by atoms with Gasteiger partial charge in [-0.15, -0.1) is 0 Å². The van der Waals surface area contributed by atoms with Crippen LogP contribution in [0.1, 0.15) is 32.4 Å². The Hall–Kier alpha value is -2.71. The summed E-state index contributed by atoms with van der Waals surface area (Å²) in [6, 6.07) is 11.8. The predicted molar refractivity (Wildman–Crippen MR) is 98.7 cm³/mol. The van der Waals surface area contributed by atoms with Gasteiger partial charge in [0, 0.05) is 0 Å². The maximum absolute atomic E-state index is 12.5. The number of ether oxygens (including phenoxy) is 1. The molecule has 27 heavy (non-hydrogen) atoms. The average molecular weight is 391 g/mol. The van der Waals surface area contributed by atoms with Crippen molar-refractivity contribution >= 4 is 22.0 Å². The lowest BCUT2D eigenvalue weighted by atomic mass is 9.97. The maximum Gasteiger partial charge on any atom is 0.326 e. The fourth-order valence-electron chi connectivity index (χ4n) is 2.08. The zero-order valence-electron chi connectivity index (χ0n) is 15.2. The Balaban J connectivity index is 2.21. The van der Waals surface area contributed by atoms with Gasteiger partial charge >= 0.3 is 11.9 Å². The van der Waals surface area contributed by atoms with E-state index in [0.29, 0.717) is 5.56 Å². The number of carbonyl (C=O) groups is 2. The zero-order chi connectivity index (χ0) is 20.2. The molecule has 144 valence electrons. The minimum atomic E-state index is -4.10. The van der Waals surface area contributed by atoms with E-state index in [-0.39, 0.29) is 10.6 Å². The molecule has 2 aromatic carbocycles. The van der Waals surface area contributed by atoms with Gasteiger partial charge in [-0.25, -0.2) is 8.42 Å². The monoisotopic (exact) mass is 391 g/mol. The normalized spacial score (nSPS) is 13.0. The maximum atomic E-state index is 12.5. The number of hydrogen-bond acceptors (Lipinski definition) is 5. The molecule has 2 rings (SSSR count). The molecule has 2 aromatic rings. The third kappa shape index (κ3) is 5.38. The van der Waals surface area contributed by atoms with Crippen molar-refractivity contribution in [3.63, 3.8) is 0 Å². The van der Waals surface area contributed by atoms with E-state index < -0.39 is 33.4 Å². The number of sulfonamides is 1. The van der Waals surface area contributed by atoms with E-state index in [1.54, 1.807) is 39.0 Å². The number of hydrogen-bond donors (Lipinski definition) is 2. The van der Waals surface area contributed by atoms with E-state index >= 15 is 0 Å². The van der Waals surface area contributed by atoms with Crippen LogP contribution in [0.5, 0.6) is 5.75 Å². The molecule has 0 fully saturated rings. The lowest BCUT2D eigenvalue weighted by molar-refractivity contribution is -0.143. The third-order valence-electron chi connectivity index (χ3n) is 3.61. The van der Waals surface area contributed by atoms with Crippen molar-refractivity contribution < 1.29 is 27.9 Å². The highest BCUT2D eigenvalue weighted by atomic mass is 32.2. The predicted octanol–water partition coefficient (Wildman–Crippen LogP) is 2.74. The van der Waals surface area contributed by atoms with Gasteiger partial charge < -0.3 is 9.84 Å². The number of aliphatic carboxylic acids is 1. The molecule has 0 radical (unpaired) electrons. The second-order valence-electron chi connectivity index (χ2n) is 6.91. The fraction of sp³-hybridized carbons (Fsp3) is 0.263. The molecule has 0 aliphatic rings. The van der Waals surface area contributed by atoms with Crippen molar-refractivity contribution in [3.05, 3.63) is 60.2 Å². The Bertz CT molecular complexity index is 915. The van der Waals surface area contributed by atoms with Gasteiger partial charge in [0.15, 0.2) is 0 Å². The van der Waals surface area contributed by atoms with Gasteiger partial charge in [-0.05, 0) is 50.6 Å². The van der Waals surface area contributed by atoms with Gasteiger partial charge in [0.25, 0.3) is 0 Å². The van der Waals surface area contributed by atoms with Gasteiger partial charge in [-0.3, -0.25) is 9.59 Å². The molecule has 0 aliphatic carbocycles. The molecule has 1 atom stereocenters. The van der Waals surface area contributed by atoms with Crippen molar-refractivity contribution in [2.75, 3.05) is 0 Å². The van der Waals surface area contributed by atoms with Gasteiger partial charge in [-0.1, -0.05) is 30.3 Å². The molecular formula is C19H21NO6S. The summed E-state index contributed by atoms with van der Waals surface area (Å²) < 4.78 is 32.4. The molecule has 0 saturated heterocycles. The summed E-state index contributed by atoms with van der Waals surface area (Å²) in [5.74, 6) is -1.57. The molecular weight excluding hydrogens is 370 g/mol. The lowest BCUT2D eigenvalue weighted by Crippen LogP contribution is -2.33. The highest BCUT2D eigenvalue weighted by Gasteiger charge is 2.27. The third-order valence-corrected chi connectivity index (χ3v) is 5.05. The minimum absolute atomic E-state index is 0.139.